The zero-order valence-corrected chi connectivity index (χ0v) is 16.9. The normalized spacial score (nSPS) is 15.3. The highest BCUT2D eigenvalue weighted by atomic mass is 16.1. The molecule has 1 aliphatic heterocycles. The largest absolute Gasteiger partial charge is 0.383 e. The number of hydrogen-bond acceptors (Lipinski definition) is 5. The summed E-state index contributed by atoms with van der Waals surface area (Å²) in [6.07, 6.45) is 6.91. The molecule has 0 saturated heterocycles. The topological polar surface area (TPSA) is 113 Å². The van der Waals surface area contributed by atoms with Gasteiger partial charge in [-0.15, -0.1) is 0 Å². The first-order valence-corrected chi connectivity index (χ1v) is 9.90. The lowest BCUT2D eigenvalue weighted by Crippen LogP contribution is -2.14. The molecule has 0 fully saturated rings. The highest BCUT2D eigenvalue weighted by Gasteiger charge is 2.28. The van der Waals surface area contributed by atoms with Crippen LogP contribution in [-0.4, -0.2) is 25.4 Å². The lowest BCUT2D eigenvalue weighted by molar-refractivity contribution is -0.113. The van der Waals surface area contributed by atoms with Crippen molar-refractivity contribution in [2.24, 2.45) is 5.73 Å². The van der Waals surface area contributed by atoms with Gasteiger partial charge >= 0.3 is 0 Å². The van der Waals surface area contributed by atoms with Gasteiger partial charge < -0.3 is 16.0 Å². The maximum absolute atomic E-state index is 9.47. The van der Waals surface area contributed by atoms with Crippen molar-refractivity contribution in [2.75, 3.05) is 5.73 Å². The number of carbonyl (C=O) groups excluding carboxylic acids is 1. The highest BCUT2D eigenvalue weighted by Crippen LogP contribution is 2.43. The number of nitrogens with zero attached hydrogens (tertiary/aromatic N) is 4. The van der Waals surface area contributed by atoms with Gasteiger partial charge in [-0.1, -0.05) is 31.7 Å². The van der Waals surface area contributed by atoms with Gasteiger partial charge in [0.15, 0.2) is 0 Å². The minimum Gasteiger partial charge on any atom is -0.383 e. The van der Waals surface area contributed by atoms with Crippen molar-refractivity contribution >= 4 is 33.7 Å². The fourth-order valence-electron chi connectivity index (χ4n) is 4.14. The van der Waals surface area contributed by atoms with Crippen LogP contribution in [0.2, 0.25) is 0 Å². The zero-order valence-electron chi connectivity index (χ0n) is 16.9. The number of fused-ring (bicyclic) bond motifs is 4. The molecule has 0 saturated carbocycles. The molecule has 0 radical (unpaired) electrons. The van der Waals surface area contributed by atoms with Crippen molar-refractivity contribution in [3.05, 3.63) is 61.2 Å². The minimum atomic E-state index is -0.481. The van der Waals surface area contributed by atoms with Crippen molar-refractivity contribution < 1.29 is 4.79 Å². The van der Waals surface area contributed by atoms with E-state index in [1.165, 1.54) is 12.1 Å². The maximum Gasteiger partial charge on any atom is 0.240 e. The Kier molecular flexibility index (Phi) is 5.18. The van der Waals surface area contributed by atoms with E-state index in [1.807, 2.05) is 24.4 Å². The molecule has 5 rings (SSSR count). The van der Waals surface area contributed by atoms with Gasteiger partial charge in [0.2, 0.25) is 5.91 Å². The summed E-state index contributed by atoms with van der Waals surface area (Å²) >= 11 is 0. The van der Waals surface area contributed by atoms with Crippen LogP contribution >= 0.6 is 0 Å². The molecule has 4 N–H and O–H groups in total. The number of aryl methyl sites for hydroxylation is 1. The average molecular weight is 400 g/mol. The van der Waals surface area contributed by atoms with Crippen molar-refractivity contribution in [3.8, 4) is 11.1 Å². The quantitative estimate of drug-likeness (QED) is 0.497. The Morgan fingerprint density at radius 3 is 2.80 bits per heavy atom. The third kappa shape index (κ3) is 3.39. The van der Waals surface area contributed by atoms with E-state index < -0.39 is 5.91 Å². The fourth-order valence-corrected chi connectivity index (χ4v) is 4.14. The molecule has 1 amide bonds. The molecule has 0 aliphatic carbocycles. The van der Waals surface area contributed by atoms with Crippen LogP contribution in [0.4, 0.5) is 5.82 Å². The second-order valence-corrected chi connectivity index (χ2v) is 7.44. The smallest absolute Gasteiger partial charge is 0.240 e. The number of amides is 1. The van der Waals surface area contributed by atoms with Gasteiger partial charge in [0, 0.05) is 34.9 Å². The third-order valence-electron chi connectivity index (χ3n) is 5.48. The summed E-state index contributed by atoms with van der Waals surface area (Å²) in [5.41, 5.74) is 16.3. The number of aromatic nitrogens is 4. The molecule has 7 heteroatoms. The summed E-state index contributed by atoms with van der Waals surface area (Å²) in [5.74, 6) is 0.524. The Morgan fingerprint density at radius 1 is 1.27 bits per heavy atom. The first-order chi connectivity index (χ1) is 14.5. The van der Waals surface area contributed by atoms with Crippen LogP contribution < -0.4 is 11.5 Å². The highest BCUT2D eigenvalue weighted by molar-refractivity contribution is 6.03. The van der Waals surface area contributed by atoms with Crippen LogP contribution in [0.25, 0.3) is 33.1 Å². The number of rotatable bonds is 2. The molecule has 152 valence electrons. The standard InChI is InChI=1S/C20H19N5.C3H5NO/c1-12-5-4-8-25-18(12)16(17-19(21)23-11-24-20(17)25)14-9-13-6-2-3-7-15(13)22-10-14;1-2-3(4)5/h2-3,6-7,9-12H,4-5,8H2,1H3,(H2,21,23,24);2H,1H2,(H2,4,5). The van der Waals surface area contributed by atoms with E-state index in [1.54, 1.807) is 6.33 Å². The van der Waals surface area contributed by atoms with E-state index in [9.17, 15) is 4.79 Å². The lowest BCUT2D eigenvalue weighted by atomic mass is 9.92. The molecule has 1 aliphatic rings. The Balaban J connectivity index is 0.000000393. The van der Waals surface area contributed by atoms with Crippen LogP contribution in [0, 0.1) is 0 Å². The van der Waals surface area contributed by atoms with Crippen molar-refractivity contribution in [3.63, 3.8) is 0 Å². The van der Waals surface area contributed by atoms with Gasteiger partial charge in [0.1, 0.15) is 17.8 Å². The summed E-state index contributed by atoms with van der Waals surface area (Å²) in [6, 6.07) is 10.4. The summed E-state index contributed by atoms with van der Waals surface area (Å²) in [5, 5.41) is 2.09. The molecular formula is C23H24N6O. The third-order valence-corrected chi connectivity index (χ3v) is 5.48. The number of primary amides is 1. The Hall–Kier alpha value is -3.74. The van der Waals surface area contributed by atoms with Gasteiger partial charge in [-0.05, 0) is 37.0 Å². The summed E-state index contributed by atoms with van der Waals surface area (Å²) in [7, 11) is 0. The van der Waals surface area contributed by atoms with Crippen molar-refractivity contribution in [2.45, 2.75) is 32.2 Å². The van der Waals surface area contributed by atoms with Gasteiger partial charge in [0.05, 0.1) is 10.9 Å². The molecule has 1 atom stereocenters. The molecule has 0 spiro atoms. The summed E-state index contributed by atoms with van der Waals surface area (Å²) < 4.78 is 2.33. The Labute approximate surface area is 174 Å². The SMILES string of the molecule is C=CC(N)=O.CC1CCCn2c1c(-c1cnc3ccccc3c1)c1c(N)ncnc12. The molecule has 30 heavy (non-hydrogen) atoms. The zero-order chi connectivity index (χ0) is 21.3. The number of benzene rings is 1. The van der Waals surface area contributed by atoms with E-state index in [2.05, 4.69) is 50.9 Å². The van der Waals surface area contributed by atoms with E-state index in [-0.39, 0.29) is 0 Å². The van der Waals surface area contributed by atoms with Gasteiger partial charge in [-0.25, -0.2) is 9.97 Å². The van der Waals surface area contributed by atoms with Gasteiger partial charge in [0.25, 0.3) is 0 Å². The van der Waals surface area contributed by atoms with Crippen molar-refractivity contribution in [1.82, 2.24) is 19.5 Å². The van der Waals surface area contributed by atoms with Crippen LogP contribution in [0.1, 0.15) is 31.4 Å². The fraction of sp³-hybridized carbons (Fsp3) is 0.217. The molecule has 0 bridgehead atoms. The molecule has 7 nitrogen and oxygen atoms in total. The lowest BCUT2D eigenvalue weighted by Gasteiger charge is -2.23. The van der Waals surface area contributed by atoms with Crippen LogP contribution in [0.15, 0.2) is 55.5 Å². The molecule has 1 unspecified atom stereocenters. The van der Waals surface area contributed by atoms with Gasteiger partial charge in [-0.2, -0.15) is 0 Å². The number of nitrogen functional groups attached to an aromatic ring is 1. The Morgan fingerprint density at radius 2 is 2.03 bits per heavy atom. The summed E-state index contributed by atoms with van der Waals surface area (Å²) in [4.78, 5) is 22.9. The number of pyridine rings is 1. The second-order valence-electron chi connectivity index (χ2n) is 7.44. The number of nitrogens with two attached hydrogens (primary N) is 2. The first-order valence-electron chi connectivity index (χ1n) is 9.90. The number of carbonyl (C=O) groups is 1. The van der Waals surface area contributed by atoms with Crippen LogP contribution in [0.5, 0.6) is 0 Å². The number of anilines is 1. The van der Waals surface area contributed by atoms with E-state index in [4.69, 9.17) is 5.73 Å². The molecule has 1 aromatic carbocycles. The number of hydrogen-bond donors (Lipinski definition) is 2. The molecule has 4 aromatic rings. The maximum atomic E-state index is 9.47. The summed E-state index contributed by atoms with van der Waals surface area (Å²) in [6.45, 7) is 6.35. The predicted octanol–water partition coefficient (Wildman–Crippen LogP) is 3.78. The Bertz CT molecular complexity index is 1260. The number of para-hydroxylation sites is 1. The van der Waals surface area contributed by atoms with Gasteiger partial charge in [-0.3, -0.25) is 9.78 Å². The first kappa shape index (κ1) is 19.6. The second kappa shape index (κ2) is 7.94. The van der Waals surface area contributed by atoms with E-state index in [0.717, 1.165) is 52.1 Å². The predicted molar refractivity (Wildman–Crippen MR) is 120 cm³/mol. The molecule has 3 aromatic heterocycles. The van der Waals surface area contributed by atoms with Crippen LogP contribution in [-0.2, 0) is 11.3 Å². The van der Waals surface area contributed by atoms with Crippen molar-refractivity contribution in [1.29, 1.82) is 0 Å². The molecular weight excluding hydrogens is 376 g/mol. The molecule has 4 heterocycles. The average Bonchev–Trinajstić information content (AvgIpc) is 3.11. The van der Waals surface area contributed by atoms with E-state index in [0.29, 0.717) is 11.7 Å². The van der Waals surface area contributed by atoms with E-state index >= 15 is 0 Å². The minimum absolute atomic E-state index is 0.462. The monoisotopic (exact) mass is 400 g/mol. The van der Waals surface area contributed by atoms with Crippen LogP contribution in [0.3, 0.4) is 0 Å².